The summed E-state index contributed by atoms with van der Waals surface area (Å²) in [4.78, 5) is 13.4. The standard InChI is InChI=1S/C59H72O5Si2/c1-9-46-40-41-52-53(63-66(57(5,6)7,50-35-24-16-25-36-50)51-37-26-17-27-38-51)45-58(56(46)52,43-42-55(60)61-8)54(64-65(10-2,11-3)12-4)39-28-44-62-59(47-29-18-13-19-30-47,48-31-20-14-21-32-48)49-33-22-15-23-34-49/h9,13-27,29-38,40,42-43,52-54,56H,1,10-12,28,39,41,44-45H2,2-8H3/t52-,53-,54?,56-,58+/m1/s1. The van der Waals surface area contributed by atoms with E-state index in [2.05, 4.69) is 218 Å². The molecular formula is C59H72O5Si2. The first-order valence-corrected chi connectivity index (χ1v) is 28.8. The first kappa shape index (κ1) is 49.0. The molecule has 1 unspecified atom stereocenters. The van der Waals surface area contributed by atoms with E-state index in [0.717, 1.165) is 54.1 Å². The zero-order valence-corrected chi connectivity index (χ0v) is 42.5. The smallest absolute Gasteiger partial charge is 0.330 e. The van der Waals surface area contributed by atoms with E-state index in [1.54, 1.807) is 6.08 Å². The van der Waals surface area contributed by atoms with Gasteiger partial charge in [0.2, 0.25) is 0 Å². The van der Waals surface area contributed by atoms with E-state index in [9.17, 15) is 4.79 Å². The molecule has 346 valence electrons. The van der Waals surface area contributed by atoms with E-state index in [1.807, 2.05) is 0 Å². The van der Waals surface area contributed by atoms with Gasteiger partial charge in [-0.3, -0.25) is 0 Å². The summed E-state index contributed by atoms with van der Waals surface area (Å²) < 4.78 is 28.9. The van der Waals surface area contributed by atoms with Gasteiger partial charge in [-0.25, -0.2) is 4.79 Å². The Morgan fingerprint density at radius 3 is 1.64 bits per heavy atom. The van der Waals surface area contributed by atoms with Crippen molar-refractivity contribution in [2.45, 2.75) is 108 Å². The van der Waals surface area contributed by atoms with Crippen LogP contribution in [0.15, 0.2) is 188 Å². The average Bonchev–Trinajstić information content (AvgIpc) is 3.94. The number of esters is 1. The Morgan fingerprint density at radius 1 is 0.742 bits per heavy atom. The quantitative estimate of drug-likeness (QED) is 0.0241. The monoisotopic (exact) mass is 916 g/mol. The highest BCUT2D eigenvalue weighted by molar-refractivity contribution is 6.99. The largest absolute Gasteiger partial charge is 0.466 e. The summed E-state index contributed by atoms with van der Waals surface area (Å²) in [6, 6.07) is 56.8. The molecule has 5 nitrogen and oxygen atoms in total. The lowest BCUT2D eigenvalue weighted by atomic mass is 9.68. The van der Waals surface area contributed by atoms with Gasteiger partial charge in [0.05, 0.1) is 19.3 Å². The van der Waals surface area contributed by atoms with E-state index < -0.39 is 27.7 Å². The molecule has 5 aromatic carbocycles. The molecule has 0 radical (unpaired) electrons. The maximum atomic E-state index is 13.4. The molecule has 0 heterocycles. The molecule has 1 saturated carbocycles. The fourth-order valence-electron chi connectivity index (χ4n) is 11.6. The molecule has 1 fully saturated rings. The molecule has 2 aliphatic carbocycles. The van der Waals surface area contributed by atoms with Crippen LogP contribution in [-0.4, -0.2) is 48.5 Å². The Kier molecular flexibility index (Phi) is 15.9. The number of benzene rings is 5. The predicted octanol–water partition coefficient (Wildman–Crippen LogP) is 13.0. The second-order valence-corrected chi connectivity index (χ2v) is 28.4. The molecule has 5 aromatic rings. The topological polar surface area (TPSA) is 54.0 Å². The van der Waals surface area contributed by atoms with Gasteiger partial charge in [0, 0.05) is 24.0 Å². The number of hydrogen-bond donors (Lipinski definition) is 0. The summed E-state index contributed by atoms with van der Waals surface area (Å²) >= 11 is 0. The first-order chi connectivity index (χ1) is 32.0. The maximum absolute atomic E-state index is 13.4. The van der Waals surface area contributed by atoms with Gasteiger partial charge in [-0.05, 0) is 87.4 Å². The number of hydrogen-bond acceptors (Lipinski definition) is 5. The van der Waals surface area contributed by atoms with Gasteiger partial charge in [-0.15, -0.1) is 0 Å². The van der Waals surface area contributed by atoms with Crippen LogP contribution in [0.1, 0.15) is 83.9 Å². The molecule has 0 spiro atoms. The van der Waals surface area contributed by atoms with Gasteiger partial charge < -0.3 is 18.3 Å². The van der Waals surface area contributed by atoms with Crippen LogP contribution in [0, 0.1) is 17.3 Å². The van der Waals surface area contributed by atoms with Crippen LogP contribution >= 0.6 is 0 Å². The zero-order chi connectivity index (χ0) is 46.8. The number of carbonyl (C=O) groups excluding carboxylic acids is 1. The van der Waals surface area contributed by atoms with Crippen molar-refractivity contribution in [3.05, 3.63) is 205 Å². The van der Waals surface area contributed by atoms with E-state index in [-0.39, 0.29) is 35.1 Å². The SMILES string of the molecule is C=CC1=CC[C@H]2[C@@H]1[C@](C=CC(=O)OC)(C(CCCOC(c1ccccc1)(c1ccccc1)c1ccccc1)O[Si](CC)(CC)CC)C[C@H]2O[Si](c1ccccc1)(c1ccccc1)C(C)(C)C. The van der Waals surface area contributed by atoms with Gasteiger partial charge in [-0.2, -0.15) is 0 Å². The number of rotatable bonds is 21. The molecule has 66 heavy (non-hydrogen) atoms. The summed E-state index contributed by atoms with van der Waals surface area (Å²) in [6.45, 7) is 18.9. The Labute approximate surface area is 398 Å². The van der Waals surface area contributed by atoms with Crippen molar-refractivity contribution in [2.24, 2.45) is 17.3 Å². The molecule has 7 rings (SSSR count). The number of fused-ring (bicyclic) bond motifs is 1. The minimum absolute atomic E-state index is 0.0133. The first-order valence-electron chi connectivity index (χ1n) is 24.3. The van der Waals surface area contributed by atoms with Gasteiger partial charge >= 0.3 is 5.97 Å². The zero-order valence-electron chi connectivity index (χ0n) is 40.5. The number of ether oxygens (including phenoxy) is 2. The summed E-state index contributed by atoms with van der Waals surface area (Å²) in [5.74, 6) is -0.207. The highest BCUT2D eigenvalue weighted by Crippen LogP contribution is 2.61. The molecule has 0 aliphatic heterocycles. The van der Waals surface area contributed by atoms with Crippen molar-refractivity contribution >= 4 is 33.0 Å². The van der Waals surface area contributed by atoms with E-state index in [4.69, 9.17) is 18.3 Å². The maximum Gasteiger partial charge on any atom is 0.330 e. The molecule has 7 heteroatoms. The lowest BCUT2D eigenvalue weighted by Gasteiger charge is -2.46. The summed E-state index contributed by atoms with van der Waals surface area (Å²) in [5, 5.41) is 2.31. The van der Waals surface area contributed by atoms with Crippen molar-refractivity contribution in [1.29, 1.82) is 0 Å². The Hall–Kier alpha value is -4.90. The molecule has 0 N–H and O–H groups in total. The second-order valence-electron chi connectivity index (χ2n) is 19.4. The molecule has 0 bridgehead atoms. The molecule has 0 amide bonds. The average molecular weight is 917 g/mol. The summed E-state index contributed by atoms with van der Waals surface area (Å²) in [6.07, 6.45) is 10.9. The van der Waals surface area contributed by atoms with Crippen LogP contribution in [0.3, 0.4) is 0 Å². The molecular weight excluding hydrogens is 845 g/mol. The van der Waals surface area contributed by atoms with Crippen LogP contribution in [0.25, 0.3) is 0 Å². The lowest BCUT2D eigenvalue weighted by molar-refractivity contribution is -0.134. The lowest BCUT2D eigenvalue weighted by Crippen LogP contribution is -2.68. The molecule has 2 aliphatic rings. The Balaban J connectivity index is 1.35. The third kappa shape index (κ3) is 9.48. The van der Waals surface area contributed by atoms with Crippen molar-refractivity contribution in [3.8, 4) is 0 Å². The van der Waals surface area contributed by atoms with Crippen LogP contribution in [0.5, 0.6) is 0 Å². The van der Waals surface area contributed by atoms with Crippen molar-refractivity contribution in [2.75, 3.05) is 13.7 Å². The van der Waals surface area contributed by atoms with Gasteiger partial charge in [0.25, 0.3) is 8.32 Å². The predicted molar refractivity (Wildman–Crippen MR) is 277 cm³/mol. The van der Waals surface area contributed by atoms with Gasteiger partial charge in [-0.1, -0.05) is 218 Å². The number of allylic oxidation sites excluding steroid dienone is 3. The Morgan fingerprint density at radius 2 is 1.21 bits per heavy atom. The summed E-state index contributed by atoms with van der Waals surface area (Å²) in [5.41, 5.74) is 3.00. The van der Waals surface area contributed by atoms with Crippen LogP contribution in [-0.2, 0) is 28.7 Å². The third-order valence-corrected chi connectivity index (χ3v) is 24.8. The molecule has 0 aromatic heterocycles. The van der Waals surface area contributed by atoms with Crippen LogP contribution in [0.4, 0.5) is 0 Å². The normalized spacial score (nSPS) is 20.5. The molecule has 0 saturated heterocycles. The van der Waals surface area contributed by atoms with Crippen molar-refractivity contribution < 1.29 is 23.1 Å². The van der Waals surface area contributed by atoms with Gasteiger partial charge in [0.15, 0.2) is 8.32 Å². The van der Waals surface area contributed by atoms with Gasteiger partial charge in [0.1, 0.15) is 5.60 Å². The number of carbonyl (C=O) groups is 1. The Bertz CT molecular complexity index is 2230. The fraction of sp³-hybridized carbons (Fsp3) is 0.373. The van der Waals surface area contributed by atoms with Crippen molar-refractivity contribution in [3.63, 3.8) is 0 Å². The van der Waals surface area contributed by atoms with E-state index in [0.29, 0.717) is 13.0 Å². The van der Waals surface area contributed by atoms with E-state index >= 15 is 0 Å². The minimum Gasteiger partial charge on any atom is -0.466 e. The highest BCUT2D eigenvalue weighted by Gasteiger charge is 2.62. The third-order valence-electron chi connectivity index (χ3n) is 15.1. The van der Waals surface area contributed by atoms with Crippen molar-refractivity contribution in [1.82, 2.24) is 0 Å². The van der Waals surface area contributed by atoms with Crippen LogP contribution < -0.4 is 10.4 Å². The molecule has 5 atom stereocenters. The van der Waals surface area contributed by atoms with Crippen LogP contribution in [0.2, 0.25) is 23.2 Å². The summed E-state index contributed by atoms with van der Waals surface area (Å²) in [7, 11) is -3.79. The number of methoxy groups -OCH3 is 1. The fourth-order valence-corrected chi connectivity index (χ4v) is 19.3. The minimum atomic E-state index is -2.99. The highest BCUT2D eigenvalue weighted by atomic mass is 28.4. The van der Waals surface area contributed by atoms with E-state index in [1.165, 1.54) is 23.1 Å². The second kappa shape index (κ2) is 21.4.